The van der Waals surface area contributed by atoms with E-state index in [1.165, 1.54) is 25.0 Å². The highest BCUT2D eigenvalue weighted by atomic mass is 35.5. The number of hydrogen-bond donors (Lipinski definition) is 1. The van der Waals surface area contributed by atoms with Crippen molar-refractivity contribution in [1.29, 1.82) is 0 Å². The minimum Gasteiger partial charge on any atom is -0.342 e. The monoisotopic (exact) mass is 362 g/mol. The molecule has 2 bridgehead atoms. The summed E-state index contributed by atoms with van der Waals surface area (Å²) >= 11 is 0. The topological polar surface area (TPSA) is 32.3 Å². The molecular weight excluding hydrogens is 341 g/mol. The van der Waals surface area contributed by atoms with Gasteiger partial charge < -0.3 is 10.2 Å². The fourth-order valence-corrected chi connectivity index (χ4v) is 3.66. The molecule has 1 amide bonds. The molecule has 0 radical (unpaired) electrons. The summed E-state index contributed by atoms with van der Waals surface area (Å²) < 4.78 is 37.7. The zero-order chi connectivity index (χ0) is 16.6. The van der Waals surface area contributed by atoms with Crippen LogP contribution in [0.4, 0.5) is 13.2 Å². The summed E-state index contributed by atoms with van der Waals surface area (Å²) in [6.07, 6.45) is 0.0727. The molecule has 1 aromatic rings. The van der Waals surface area contributed by atoms with E-state index in [1.54, 1.807) is 4.90 Å². The van der Waals surface area contributed by atoms with Gasteiger partial charge in [0, 0.05) is 25.2 Å². The van der Waals surface area contributed by atoms with Crippen molar-refractivity contribution >= 4 is 18.3 Å². The fourth-order valence-electron chi connectivity index (χ4n) is 3.66. The van der Waals surface area contributed by atoms with Gasteiger partial charge in [-0.2, -0.15) is 13.2 Å². The van der Waals surface area contributed by atoms with E-state index in [2.05, 4.69) is 5.32 Å². The first-order chi connectivity index (χ1) is 10.8. The van der Waals surface area contributed by atoms with Gasteiger partial charge in [0.2, 0.25) is 5.91 Å². The van der Waals surface area contributed by atoms with Crippen LogP contribution in [0.2, 0.25) is 0 Å². The van der Waals surface area contributed by atoms with Gasteiger partial charge in [-0.3, -0.25) is 4.79 Å². The molecular formula is C17H22ClF3N2O. The normalized spacial score (nSPS) is 25.9. The molecule has 1 N–H and O–H groups in total. The molecule has 134 valence electrons. The lowest BCUT2D eigenvalue weighted by molar-refractivity contribution is -0.137. The molecule has 2 fully saturated rings. The average Bonchev–Trinajstić information content (AvgIpc) is 2.84. The third-order valence-corrected chi connectivity index (χ3v) is 5.03. The number of carbonyl (C=O) groups is 1. The van der Waals surface area contributed by atoms with Crippen molar-refractivity contribution in [2.24, 2.45) is 0 Å². The summed E-state index contributed by atoms with van der Waals surface area (Å²) in [5.41, 5.74) is -0.0660. The van der Waals surface area contributed by atoms with Crippen LogP contribution in [0.25, 0.3) is 0 Å². The average molecular weight is 363 g/mol. The van der Waals surface area contributed by atoms with Gasteiger partial charge in [-0.25, -0.2) is 0 Å². The summed E-state index contributed by atoms with van der Waals surface area (Å²) in [7, 11) is 1.81. The predicted molar refractivity (Wildman–Crippen MR) is 88.1 cm³/mol. The number of nitrogens with one attached hydrogen (secondary N) is 1. The second kappa shape index (κ2) is 7.31. The highest BCUT2D eigenvalue weighted by Gasteiger charge is 2.36. The first-order valence-electron chi connectivity index (χ1n) is 8.01. The first kappa shape index (κ1) is 19.1. The Bertz CT molecular complexity index is 564. The molecule has 2 aliphatic heterocycles. The number of piperidine rings is 1. The largest absolute Gasteiger partial charge is 0.416 e. The highest BCUT2D eigenvalue weighted by molar-refractivity contribution is 5.85. The van der Waals surface area contributed by atoms with Crippen LogP contribution in [0, 0.1) is 0 Å². The second-order valence-corrected chi connectivity index (χ2v) is 6.64. The van der Waals surface area contributed by atoms with Crippen LogP contribution < -0.4 is 5.32 Å². The van der Waals surface area contributed by atoms with E-state index >= 15 is 0 Å². The van der Waals surface area contributed by atoms with E-state index in [0.29, 0.717) is 17.6 Å². The number of halogens is 4. The molecule has 7 heteroatoms. The van der Waals surface area contributed by atoms with Crippen LogP contribution in [-0.2, 0) is 17.4 Å². The SMILES string of the molecule is CN(C(=O)Cc1ccc(C(F)(F)F)cc1)C1CC2CCC(C1)N2.Cl. The Morgan fingerprint density at radius 2 is 1.71 bits per heavy atom. The van der Waals surface area contributed by atoms with E-state index in [1.807, 2.05) is 7.05 Å². The zero-order valence-electron chi connectivity index (χ0n) is 13.5. The summed E-state index contributed by atoms with van der Waals surface area (Å²) in [4.78, 5) is 14.2. The minimum atomic E-state index is -4.34. The lowest BCUT2D eigenvalue weighted by Gasteiger charge is -2.35. The third-order valence-electron chi connectivity index (χ3n) is 5.03. The number of nitrogens with zero attached hydrogens (tertiary/aromatic N) is 1. The molecule has 0 aliphatic carbocycles. The van der Waals surface area contributed by atoms with Crippen molar-refractivity contribution < 1.29 is 18.0 Å². The minimum absolute atomic E-state index is 0. The number of carbonyl (C=O) groups excluding carboxylic acids is 1. The van der Waals surface area contributed by atoms with Crippen molar-refractivity contribution in [3.05, 3.63) is 35.4 Å². The van der Waals surface area contributed by atoms with Crippen molar-refractivity contribution in [3.8, 4) is 0 Å². The maximum Gasteiger partial charge on any atom is 0.416 e. The van der Waals surface area contributed by atoms with Crippen LogP contribution in [-0.4, -0.2) is 36.0 Å². The van der Waals surface area contributed by atoms with Crippen LogP contribution in [0.1, 0.15) is 36.8 Å². The Kier molecular flexibility index (Phi) is 5.81. The van der Waals surface area contributed by atoms with E-state index in [9.17, 15) is 18.0 Å². The van der Waals surface area contributed by atoms with Gasteiger partial charge in [0.1, 0.15) is 0 Å². The maximum absolute atomic E-state index is 12.6. The molecule has 3 rings (SSSR count). The van der Waals surface area contributed by atoms with Gasteiger partial charge in [-0.1, -0.05) is 12.1 Å². The zero-order valence-corrected chi connectivity index (χ0v) is 14.3. The van der Waals surface area contributed by atoms with Gasteiger partial charge in [0.25, 0.3) is 0 Å². The molecule has 2 saturated heterocycles. The Labute approximate surface area is 146 Å². The van der Waals surface area contributed by atoms with Crippen molar-refractivity contribution in [1.82, 2.24) is 10.2 Å². The Morgan fingerprint density at radius 1 is 1.17 bits per heavy atom. The number of benzene rings is 1. The molecule has 24 heavy (non-hydrogen) atoms. The van der Waals surface area contributed by atoms with Crippen LogP contribution >= 0.6 is 12.4 Å². The molecule has 2 aliphatic rings. The number of rotatable bonds is 3. The van der Waals surface area contributed by atoms with Crippen molar-refractivity contribution in [2.75, 3.05) is 7.05 Å². The summed E-state index contributed by atoms with van der Waals surface area (Å²) in [5, 5.41) is 3.54. The highest BCUT2D eigenvalue weighted by Crippen LogP contribution is 2.30. The Balaban J connectivity index is 0.00000208. The number of alkyl halides is 3. The van der Waals surface area contributed by atoms with E-state index in [-0.39, 0.29) is 30.8 Å². The molecule has 2 unspecified atom stereocenters. The number of likely N-dealkylation sites (N-methyl/N-ethyl adjacent to an activating group) is 1. The first-order valence-corrected chi connectivity index (χ1v) is 8.01. The second-order valence-electron chi connectivity index (χ2n) is 6.64. The van der Waals surface area contributed by atoms with Gasteiger partial charge >= 0.3 is 6.18 Å². The molecule has 0 saturated carbocycles. The molecule has 2 atom stereocenters. The Hall–Kier alpha value is -1.27. The summed E-state index contributed by atoms with van der Waals surface area (Å²) in [6, 6.07) is 6.08. The van der Waals surface area contributed by atoms with Crippen LogP contribution in [0.5, 0.6) is 0 Å². The number of hydrogen-bond acceptors (Lipinski definition) is 2. The summed E-state index contributed by atoms with van der Waals surface area (Å²) in [6.45, 7) is 0. The fraction of sp³-hybridized carbons (Fsp3) is 0.588. The van der Waals surface area contributed by atoms with Crippen LogP contribution in [0.3, 0.4) is 0 Å². The van der Waals surface area contributed by atoms with Crippen molar-refractivity contribution in [2.45, 2.75) is 56.4 Å². The van der Waals surface area contributed by atoms with E-state index in [0.717, 1.165) is 25.0 Å². The van der Waals surface area contributed by atoms with Gasteiger partial charge in [-0.05, 0) is 43.4 Å². The lowest BCUT2D eigenvalue weighted by Crippen LogP contribution is -2.49. The molecule has 0 spiro atoms. The number of amides is 1. The van der Waals surface area contributed by atoms with Gasteiger partial charge in [0.05, 0.1) is 12.0 Å². The van der Waals surface area contributed by atoms with E-state index < -0.39 is 11.7 Å². The lowest BCUT2D eigenvalue weighted by atomic mass is 9.98. The number of fused-ring (bicyclic) bond motifs is 2. The Morgan fingerprint density at radius 3 is 2.21 bits per heavy atom. The standard InChI is InChI=1S/C17H21F3N2O.ClH/c1-22(15-9-13-6-7-14(10-15)21-13)16(23)8-11-2-4-12(5-3-11)17(18,19)20;/h2-5,13-15,21H,6-10H2,1H3;1H. The summed E-state index contributed by atoms with van der Waals surface area (Å²) in [5.74, 6) is -0.0314. The molecule has 0 aromatic heterocycles. The molecule has 2 heterocycles. The van der Waals surface area contributed by atoms with Crippen LogP contribution in [0.15, 0.2) is 24.3 Å². The molecule has 1 aromatic carbocycles. The molecule has 3 nitrogen and oxygen atoms in total. The quantitative estimate of drug-likeness (QED) is 0.893. The van der Waals surface area contributed by atoms with Gasteiger partial charge in [-0.15, -0.1) is 12.4 Å². The third kappa shape index (κ3) is 4.22. The predicted octanol–water partition coefficient (Wildman–Crippen LogP) is 3.41. The smallest absolute Gasteiger partial charge is 0.342 e. The van der Waals surface area contributed by atoms with Crippen molar-refractivity contribution in [3.63, 3.8) is 0 Å². The van der Waals surface area contributed by atoms with Gasteiger partial charge in [0.15, 0.2) is 0 Å². The maximum atomic E-state index is 12.6. The van der Waals surface area contributed by atoms with E-state index in [4.69, 9.17) is 0 Å².